The first kappa shape index (κ1) is 13.7. The van der Waals surface area contributed by atoms with Crippen molar-refractivity contribution in [1.29, 1.82) is 0 Å². The average molecular weight is 265 g/mol. The maximum Gasteiger partial charge on any atom is 0.203 e. The number of ether oxygens (including phenoxy) is 3. The SMILES string of the molecule is COc1cc(CN2CCC(=O)C2)cc(OC)c1OC. The molecule has 1 aromatic carbocycles. The zero-order chi connectivity index (χ0) is 13.8. The Balaban J connectivity index is 2.23. The third-order valence-corrected chi connectivity index (χ3v) is 3.24. The molecular formula is C14H19NO4. The summed E-state index contributed by atoms with van der Waals surface area (Å²) in [6, 6.07) is 3.84. The average Bonchev–Trinajstić information content (AvgIpc) is 2.82. The molecule has 1 aromatic rings. The Morgan fingerprint density at radius 3 is 2.16 bits per heavy atom. The van der Waals surface area contributed by atoms with E-state index >= 15 is 0 Å². The van der Waals surface area contributed by atoms with E-state index in [9.17, 15) is 4.79 Å². The van der Waals surface area contributed by atoms with Gasteiger partial charge in [0.05, 0.1) is 27.9 Å². The number of Topliss-reactive ketones (excluding diaryl/α,β-unsaturated/α-hetero) is 1. The summed E-state index contributed by atoms with van der Waals surface area (Å²) < 4.78 is 15.9. The maximum absolute atomic E-state index is 11.3. The maximum atomic E-state index is 11.3. The minimum Gasteiger partial charge on any atom is -0.493 e. The van der Waals surface area contributed by atoms with Crippen LogP contribution in [0.2, 0.25) is 0 Å². The van der Waals surface area contributed by atoms with Crippen LogP contribution in [-0.4, -0.2) is 45.1 Å². The second-order valence-electron chi connectivity index (χ2n) is 4.53. The number of benzene rings is 1. The lowest BCUT2D eigenvalue weighted by Gasteiger charge is -2.17. The lowest BCUT2D eigenvalue weighted by molar-refractivity contribution is -0.116. The second kappa shape index (κ2) is 5.93. The molecule has 0 atom stereocenters. The van der Waals surface area contributed by atoms with E-state index in [0.717, 1.165) is 12.1 Å². The van der Waals surface area contributed by atoms with E-state index in [2.05, 4.69) is 4.90 Å². The number of methoxy groups -OCH3 is 3. The van der Waals surface area contributed by atoms with Crippen LogP contribution >= 0.6 is 0 Å². The van der Waals surface area contributed by atoms with E-state index < -0.39 is 0 Å². The number of nitrogens with zero attached hydrogens (tertiary/aromatic N) is 1. The van der Waals surface area contributed by atoms with Crippen molar-refractivity contribution < 1.29 is 19.0 Å². The summed E-state index contributed by atoms with van der Waals surface area (Å²) in [6.07, 6.45) is 0.643. The molecule has 0 bridgehead atoms. The molecule has 0 unspecified atom stereocenters. The molecule has 5 heteroatoms. The third-order valence-electron chi connectivity index (χ3n) is 3.24. The highest BCUT2D eigenvalue weighted by Gasteiger charge is 2.20. The number of ketones is 1. The van der Waals surface area contributed by atoms with Crippen LogP contribution in [0.15, 0.2) is 12.1 Å². The van der Waals surface area contributed by atoms with Crippen molar-refractivity contribution >= 4 is 5.78 Å². The van der Waals surface area contributed by atoms with Crippen molar-refractivity contribution in [3.63, 3.8) is 0 Å². The molecule has 0 saturated carbocycles. The standard InChI is InChI=1S/C14H19NO4/c1-17-12-6-10(7-13(18-2)14(12)19-3)8-15-5-4-11(16)9-15/h6-7H,4-5,8-9H2,1-3H3. The second-order valence-corrected chi connectivity index (χ2v) is 4.53. The highest BCUT2D eigenvalue weighted by atomic mass is 16.5. The third kappa shape index (κ3) is 2.98. The normalized spacial score (nSPS) is 15.6. The monoisotopic (exact) mass is 265 g/mol. The van der Waals surface area contributed by atoms with Crippen LogP contribution in [0, 0.1) is 0 Å². The Labute approximate surface area is 113 Å². The van der Waals surface area contributed by atoms with Gasteiger partial charge >= 0.3 is 0 Å². The fourth-order valence-corrected chi connectivity index (χ4v) is 2.31. The van der Waals surface area contributed by atoms with Crippen molar-refractivity contribution in [1.82, 2.24) is 4.90 Å². The molecule has 0 radical (unpaired) electrons. The van der Waals surface area contributed by atoms with Gasteiger partial charge in [-0.25, -0.2) is 0 Å². The summed E-state index contributed by atoms with van der Waals surface area (Å²) in [5.74, 6) is 2.17. The molecule has 2 rings (SSSR count). The van der Waals surface area contributed by atoms with Gasteiger partial charge < -0.3 is 14.2 Å². The number of hydrogen-bond donors (Lipinski definition) is 0. The molecule has 0 aliphatic carbocycles. The minimum atomic E-state index is 0.299. The van der Waals surface area contributed by atoms with E-state index in [-0.39, 0.29) is 0 Å². The van der Waals surface area contributed by atoms with Crippen LogP contribution in [0.25, 0.3) is 0 Å². The van der Waals surface area contributed by atoms with Gasteiger partial charge in [0.1, 0.15) is 5.78 Å². The zero-order valence-electron chi connectivity index (χ0n) is 11.6. The predicted molar refractivity (Wildman–Crippen MR) is 71.0 cm³/mol. The van der Waals surface area contributed by atoms with Gasteiger partial charge in [-0.2, -0.15) is 0 Å². The molecule has 0 N–H and O–H groups in total. The summed E-state index contributed by atoms with van der Waals surface area (Å²) in [5, 5.41) is 0. The smallest absolute Gasteiger partial charge is 0.203 e. The van der Waals surface area contributed by atoms with Gasteiger partial charge in [-0.05, 0) is 17.7 Å². The lowest BCUT2D eigenvalue weighted by atomic mass is 10.1. The molecule has 1 heterocycles. The number of carbonyl (C=O) groups is 1. The van der Waals surface area contributed by atoms with E-state index in [1.54, 1.807) is 21.3 Å². The van der Waals surface area contributed by atoms with Crippen LogP contribution in [0.3, 0.4) is 0 Å². The number of carbonyl (C=O) groups excluding carboxylic acids is 1. The van der Waals surface area contributed by atoms with Crippen LogP contribution < -0.4 is 14.2 Å². The van der Waals surface area contributed by atoms with E-state index in [4.69, 9.17) is 14.2 Å². The van der Waals surface area contributed by atoms with Gasteiger partial charge in [-0.3, -0.25) is 9.69 Å². The van der Waals surface area contributed by atoms with Crippen LogP contribution in [-0.2, 0) is 11.3 Å². The van der Waals surface area contributed by atoms with Gasteiger partial charge in [0.15, 0.2) is 11.5 Å². The topological polar surface area (TPSA) is 48.0 Å². The van der Waals surface area contributed by atoms with E-state index in [1.165, 1.54) is 0 Å². The summed E-state index contributed by atoms with van der Waals surface area (Å²) in [7, 11) is 4.78. The Hall–Kier alpha value is -1.75. The summed E-state index contributed by atoms with van der Waals surface area (Å²) in [4.78, 5) is 13.4. The highest BCUT2D eigenvalue weighted by Crippen LogP contribution is 2.38. The molecule has 0 spiro atoms. The molecule has 1 fully saturated rings. The fraction of sp³-hybridized carbons (Fsp3) is 0.500. The molecule has 1 aliphatic rings. The van der Waals surface area contributed by atoms with Crippen LogP contribution in [0.5, 0.6) is 17.2 Å². The minimum absolute atomic E-state index is 0.299. The van der Waals surface area contributed by atoms with Crippen molar-refractivity contribution in [2.75, 3.05) is 34.4 Å². The van der Waals surface area contributed by atoms with Gasteiger partial charge in [0.25, 0.3) is 0 Å². The van der Waals surface area contributed by atoms with Gasteiger partial charge in [-0.15, -0.1) is 0 Å². The van der Waals surface area contributed by atoms with E-state index in [0.29, 0.717) is 42.5 Å². The van der Waals surface area contributed by atoms with Gasteiger partial charge in [0, 0.05) is 19.5 Å². The van der Waals surface area contributed by atoms with Crippen molar-refractivity contribution in [3.8, 4) is 17.2 Å². The van der Waals surface area contributed by atoms with E-state index in [1.807, 2.05) is 12.1 Å². The molecule has 1 saturated heterocycles. The number of hydrogen-bond acceptors (Lipinski definition) is 5. The van der Waals surface area contributed by atoms with Crippen LogP contribution in [0.4, 0.5) is 0 Å². The molecule has 104 valence electrons. The number of rotatable bonds is 5. The molecule has 0 aromatic heterocycles. The summed E-state index contributed by atoms with van der Waals surface area (Å²) in [6.45, 7) is 2.05. The summed E-state index contributed by atoms with van der Waals surface area (Å²) in [5.41, 5.74) is 1.05. The quantitative estimate of drug-likeness (QED) is 0.807. The first-order valence-corrected chi connectivity index (χ1v) is 6.21. The summed E-state index contributed by atoms with van der Waals surface area (Å²) >= 11 is 0. The largest absolute Gasteiger partial charge is 0.493 e. The highest BCUT2D eigenvalue weighted by molar-refractivity contribution is 5.82. The molecule has 5 nitrogen and oxygen atoms in total. The van der Waals surface area contributed by atoms with Crippen molar-refractivity contribution in [2.24, 2.45) is 0 Å². The van der Waals surface area contributed by atoms with Gasteiger partial charge in [-0.1, -0.05) is 0 Å². The molecule has 19 heavy (non-hydrogen) atoms. The molecular weight excluding hydrogens is 246 g/mol. The zero-order valence-corrected chi connectivity index (χ0v) is 11.6. The fourth-order valence-electron chi connectivity index (χ4n) is 2.31. The Kier molecular flexibility index (Phi) is 4.27. The van der Waals surface area contributed by atoms with Gasteiger partial charge in [0.2, 0.25) is 5.75 Å². The van der Waals surface area contributed by atoms with Crippen molar-refractivity contribution in [3.05, 3.63) is 17.7 Å². The molecule has 1 aliphatic heterocycles. The Bertz CT molecular complexity index is 448. The predicted octanol–water partition coefficient (Wildman–Crippen LogP) is 1.49. The first-order valence-electron chi connectivity index (χ1n) is 6.21. The Morgan fingerprint density at radius 2 is 1.74 bits per heavy atom. The molecule has 0 amide bonds. The van der Waals surface area contributed by atoms with Crippen LogP contribution in [0.1, 0.15) is 12.0 Å². The number of likely N-dealkylation sites (tertiary alicyclic amines) is 1. The first-order chi connectivity index (χ1) is 9.17. The Morgan fingerprint density at radius 1 is 1.11 bits per heavy atom. The lowest BCUT2D eigenvalue weighted by Crippen LogP contribution is -2.20. The van der Waals surface area contributed by atoms with Crippen molar-refractivity contribution in [2.45, 2.75) is 13.0 Å².